The van der Waals surface area contributed by atoms with Gasteiger partial charge in [-0.1, -0.05) is 72.3 Å². The summed E-state index contributed by atoms with van der Waals surface area (Å²) in [6.07, 6.45) is -0.438. The summed E-state index contributed by atoms with van der Waals surface area (Å²) in [5.41, 5.74) is 4.26. The van der Waals surface area contributed by atoms with Gasteiger partial charge in [0.2, 0.25) is 5.91 Å². The number of nitrogens with one attached hydrogen (secondary N) is 1. The number of rotatable bonds is 8. The Hall–Kier alpha value is -3.48. The molecular formula is C24H21ClN2O4. The van der Waals surface area contributed by atoms with Crippen LogP contribution in [-0.2, 0) is 21.0 Å². The van der Waals surface area contributed by atoms with Crippen molar-refractivity contribution in [1.29, 1.82) is 0 Å². The lowest BCUT2D eigenvalue weighted by Gasteiger charge is -2.20. The minimum Gasteiger partial charge on any atom is -0.314 e. The van der Waals surface area contributed by atoms with E-state index in [0.29, 0.717) is 16.3 Å². The van der Waals surface area contributed by atoms with Crippen molar-refractivity contribution in [3.05, 3.63) is 101 Å². The molecule has 1 N–H and O–H groups in total. The van der Waals surface area contributed by atoms with Crippen LogP contribution < -0.4 is 10.4 Å². The molecule has 0 bridgehead atoms. The monoisotopic (exact) mass is 436 g/mol. The highest BCUT2D eigenvalue weighted by Gasteiger charge is 2.22. The lowest BCUT2D eigenvalue weighted by Crippen LogP contribution is -2.34. The molecule has 0 fully saturated rings. The van der Waals surface area contributed by atoms with E-state index in [0.717, 1.165) is 5.56 Å². The molecule has 0 heterocycles. The minimum atomic E-state index is -0.585. The summed E-state index contributed by atoms with van der Waals surface area (Å²) in [4.78, 5) is 44.1. The van der Waals surface area contributed by atoms with E-state index in [1.54, 1.807) is 36.4 Å². The van der Waals surface area contributed by atoms with E-state index in [-0.39, 0.29) is 18.0 Å². The molecule has 0 saturated heterocycles. The second-order valence-corrected chi connectivity index (χ2v) is 7.22. The molecule has 0 saturated carbocycles. The van der Waals surface area contributed by atoms with Crippen LogP contribution >= 0.6 is 11.6 Å². The van der Waals surface area contributed by atoms with Crippen LogP contribution in [0.15, 0.2) is 78.9 Å². The Bertz CT molecular complexity index is 1070. The van der Waals surface area contributed by atoms with Gasteiger partial charge in [0.15, 0.2) is 5.78 Å². The normalized spacial score (nSPS) is 10.4. The Morgan fingerprint density at radius 2 is 1.58 bits per heavy atom. The Kier molecular flexibility index (Phi) is 7.54. The fourth-order valence-electron chi connectivity index (χ4n) is 2.93. The van der Waals surface area contributed by atoms with Gasteiger partial charge in [0.25, 0.3) is 5.91 Å². The van der Waals surface area contributed by atoms with Gasteiger partial charge >= 0.3 is 0 Å². The zero-order valence-electron chi connectivity index (χ0n) is 16.9. The fraction of sp³-hybridized carbons (Fsp3) is 0.125. The van der Waals surface area contributed by atoms with Crippen molar-refractivity contribution in [2.75, 3.05) is 11.9 Å². The number of hydroxylamine groups is 1. The van der Waals surface area contributed by atoms with E-state index in [1.807, 2.05) is 36.4 Å². The third kappa shape index (κ3) is 6.01. The third-order valence-corrected chi connectivity index (χ3v) is 4.79. The van der Waals surface area contributed by atoms with Crippen LogP contribution in [0.5, 0.6) is 0 Å². The quantitative estimate of drug-likeness (QED) is 0.326. The number of amides is 2. The minimum absolute atomic E-state index is 0.184. The van der Waals surface area contributed by atoms with Crippen molar-refractivity contribution >= 4 is 34.9 Å². The third-order valence-electron chi connectivity index (χ3n) is 4.55. The maximum Gasteiger partial charge on any atom is 0.252 e. The predicted octanol–water partition coefficient (Wildman–Crippen LogP) is 4.17. The number of benzene rings is 3. The zero-order valence-corrected chi connectivity index (χ0v) is 17.6. The van der Waals surface area contributed by atoms with Crippen LogP contribution in [0.4, 0.5) is 5.69 Å². The molecule has 3 aromatic carbocycles. The van der Waals surface area contributed by atoms with E-state index in [9.17, 15) is 14.4 Å². The van der Waals surface area contributed by atoms with Gasteiger partial charge < -0.3 is 4.90 Å². The first-order chi connectivity index (χ1) is 15.0. The summed E-state index contributed by atoms with van der Waals surface area (Å²) in [7, 11) is 1.51. The predicted molar refractivity (Wildman–Crippen MR) is 119 cm³/mol. The van der Waals surface area contributed by atoms with Crippen molar-refractivity contribution in [3.63, 3.8) is 0 Å². The zero-order chi connectivity index (χ0) is 22.2. The summed E-state index contributed by atoms with van der Waals surface area (Å²) in [6.45, 7) is 0.184. The largest absolute Gasteiger partial charge is 0.314 e. The van der Waals surface area contributed by atoms with Gasteiger partial charge in [-0.25, -0.2) is 5.48 Å². The van der Waals surface area contributed by atoms with Gasteiger partial charge in [-0.15, -0.1) is 0 Å². The molecule has 7 heteroatoms. The molecule has 0 aliphatic carbocycles. The van der Waals surface area contributed by atoms with E-state index < -0.39 is 18.2 Å². The van der Waals surface area contributed by atoms with Gasteiger partial charge in [0.1, 0.15) is 6.42 Å². The Balaban J connectivity index is 1.66. The highest BCUT2D eigenvalue weighted by atomic mass is 35.5. The number of hydrogen-bond acceptors (Lipinski definition) is 4. The number of halogens is 1. The molecule has 2 amide bonds. The van der Waals surface area contributed by atoms with E-state index in [4.69, 9.17) is 16.4 Å². The molecular weight excluding hydrogens is 416 g/mol. The molecule has 0 aromatic heterocycles. The van der Waals surface area contributed by atoms with E-state index >= 15 is 0 Å². The van der Waals surface area contributed by atoms with Crippen molar-refractivity contribution < 1.29 is 19.2 Å². The molecule has 0 radical (unpaired) electrons. The molecule has 31 heavy (non-hydrogen) atoms. The van der Waals surface area contributed by atoms with Crippen LogP contribution in [0.3, 0.4) is 0 Å². The number of nitrogens with zero attached hydrogens (tertiary/aromatic N) is 1. The SMILES string of the molecule is CN(C(=O)CC(=O)NOCc1ccccc1)c1ccc(Cl)cc1C(=O)c1ccccc1. The first-order valence-corrected chi connectivity index (χ1v) is 9.94. The molecule has 0 aliphatic rings. The number of carbonyl (C=O) groups is 3. The highest BCUT2D eigenvalue weighted by molar-refractivity contribution is 6.31. The lowest BCUT2D eigenvalue weighted by atomic mass is 10.0. The van der Waals surface area contributed by atoms with Gasteiger partial charge in [0, 0.05) is 23.2 Å². The standard InChI is InChI=1S/C24H21ClN2O4/c1-27(23(29)15-22(28)26-31-16-17-8-4-2-5-9-17)21-13-12-19(25)14-20(21)24(30)18-10-6-3-7-11-18/h2-14H,15-16H2,1H3,(H,26,28). The molecule has 6 nitrogen and oxygen atoms in total. The number of hydrogen-bond donors (Lipinski definition) is 1. The van der Waals surface area contributed by atoms with Gasteiger partial charge in [0.05, 0.1) is 12.3 Å². The molecule has 0 spiro atoms. The lowest BCUT2D eigenvalue weighted by molar-refractivity contribution is -0.137. The van der Waals surface area contributed by atoms with Gasteiger partial charge in [-0.05, 0) is 23.8 Å². The Labute approximate surface area is 185 Å². The Morgan fingerprint density at radius 1 is 0.935 bits per heavy atom. The summed E-state index contributed by atoms with van der Waals surface area (Å²) < 4.78 is 0. The molecule has 0 atom stereocenters. The summed E-state index contributed by atoms with van der Waals surface area (Å²) in [5.74, 6) is -1.35. The van der Waals surface area contributed by atoms with Crippen LogP contribution in [0.1, 0.15) is 27.9 Å². The maximum atomic E-state index is 12.9. The van der Waals surface area contributed by atoms with Crippen molar-refractivity contribution in [1.82, 2.24) is 5.48 Å². The smallest absolute Gasteiger partial charge is 0.252 e. The second-order valence-electron chi connectivity index (χ2n) is 6.79. The second kappa shape index (κ2) is 10.5. The summed E-state index contributed by atoms with van der Waals surface area (Å²) >= 11 is 6.09. The number of carbonyl (C=O) groups excluding carboxylic acids is 3. The molecule has 158 valence electrons. The molecule has 0 unspecified atom stereocenters. The first kappa shape index (κ1) is 22.2. The average molecular weight is 437 g/mol. The first-order valence-electron chi connectivity index (χ1n) is 9.56. The maximum absolute atomic E-state index is 12.9. The summed E-state index contributed by atoms with van der Waals surface area (Å²) in [6, 6.07) is 22.7. The Morgan fingerprint density at radius 3 is 2.26 bits per heavy atom. The highest BCUT2D eigenvalue weighted by Crippen LogP contribution is 2.26. The molecule has 3 aromatic rings. The molecule has 0 aliphatic heterocycles. The molecule has 3 rings (SSSR count). The van der Waals surface area contributed by atoms with Crippen molar-refractivity contribution in [3.8, 4) is 0 Å². The van der Waals surface area contributed by atoms with Crippen LogP contribution in [0, 0.1) is 0 Å². The van der Waals surface area contributed by atoms with Crippen LogP contribution in [-0.4, -0.2) is 24.6 Å². The van der Waals surface area contributed by atoms with E-state index in [2.05, 4.69) is 5.48 Å². The average Bonchev–Trinajstić information content (AvgIpc) is 2.79. The van der Waals surface area contributed by atoms with Gasteiger partial charge in [-0.3, -0.25) is 19.2 Å². The van der Waals surface area contributed by atoms with Crippen molar-refractivity contribution in [2.24, 2.45) is 0 Å². The van der Waals surface area contributed by atoms with Crippen molar-refractivity contribution in [2.45, 2.75) is 13.0 Å². The number of ketones is 1. The van der Waals surface area contributed by atoms with Crippen LogP contribution in [0.2, 0.25) is 5.02 Å². The van der Waals surface area contributed by atoms with Crippen LogP contribution in [0.25, 0.3) is 0 Å². The fourth-order valence-corrected chi connectivity index (χ4v) is 3.10. The van der Waals surface area contributed by atoms with E-state index in [1.165, 1.54) is 18.0 Å². The topological polar surface area (TPSA) is 75.7 Å². The summed E-state index contributed by atoms with van der Waals surface area (Å²) in [5, 5.41) is 0.371. The van der Waals surface area contributed by atoms with Gasteiger partial charge in [-0.2, -0.15) is 0 Å². The number of anilines is 1.